The summed E-state index contributed by atoms with van der Waals surface area (Å²) in [6.45, 7) is 6.13. The molecule has 1 aliphatic heterocycles. The van der Waals surface area contributed by atoms with Gasteiger partial charge in [0.25, 0.3) is 0 Å². The van der Waals surface area contributed by atoms with Crippen molar-refractivity contribution >= 4 is 0 Å². The number of aromatic nitrogens is 1. The third kappa shape index (κ3) is 1.99. The molecule has 21 heavy (non-hydrogen) atoms. The van der Waals surface area contributed by atoms with Crippen LogP contribution in [0.15, 0.2) is 4.52 Å². The van der Waals surface area contributed by atoms with Crippen LogP contribution in [0.25, 0.3) is 0 Å². The second-order valence-corrected chi connectivity index (χ2v) is 7.17. The van der Waals surface area contributed by atoms with Crippen molar-refractivity contribution in [1.82, 2.24) is 10.5 Å². The number of nitrogens with one attached hydrogen (secondary N) is 1. The van der Waals surface area contributed by atoms with E-state index in [9.17, 15) is 0 Å². The van der Waals surface area contributed by atoms with Crippen molar-refractivity contribution < 1.29 is 9.26 Å². The maximum atomic E-state index is 5.98. The number of hydrogen-bond acceptors (Lipinski definition) is 4. The summed E-state index contributed by atoms with van der Waals surface area (Å²) >= 11 is 0. The van der Waals surface area contributed by atoms with Gasteiger partial charge in [-0.25, -0.2) is 0 Å². The number of ether oxygens (including phenoxy) is 1. The molecule has 0 amide bonds. The van der Waals surface area contributed by atoms with Crippen LogP contribution in [0.2, 0.25) is 0 Å². The van der Waals surface area contributed by atoms with E-state index in [0.717, 1.165) is 43.4 Å². The quantitative estimate of drug-likeness (QED) is 0.847. The monoisotopic (exact) mass is 290 g/mol. The lowest BCUT2D eigenvalue weighted by molar-refractivity contribution is -0.175. The summed E-state index contributed by atoms with van der Waals surface area (Å²) in [5.74, 6) is 1.76. The Morgan fingerprint density at radius 2 is 2.19 bits per heavy atom. The number of nitrogens with zero attached hydrogens (tertiary/aromatic N) is 1. The number of rotatable bonds is 5. The molecule has 3 atom stereocenters. The molecule has 1 aromatic heterocycles. The first-order valence-electron chi connectivity index (χ1n) is 8.49. The maximum Gasteiger partial charge on any atom is 0.137 e. The van der Waals surface area contributed by atoms with E-state index >= 15 is 0 Å². The van der Waals surface area contributed by atoms with Crippen LogP contribution in [0.4, 0.5) is 0 Å². The number of fused-ring (bicyclic) bond motifs is 2. The van der Waals surface area contributed by atoms with Crippen LogP contribution in [-0.2, 0) is 11.2 Å². The van der Waals surface area contributed by atoms with Crippen molar-refractivity contribution in [2.45, 2.75) is 64.5 Å². The Kier molecular flexibility index (Phi) is 3.34. The van der Waals surface area contributed by atoms with Gasteiger partial charge in [-0.2, -0.15) is 0 Å². The topological polar surface area (TPSA) is 47.3 Å². The van der Waals surface area contributed by atoms with E-state index in [1.165, 1.54) is 31.2 Å². The smallest absolute Gasteiger partial charge is 0.137 e. The largest absolute Gasteiger partial charge is 0.377 e. The van der Waals surface area contributed by atoms with E-state index in [0.29, 0.717) is 17.6 Å². The minimum absolute atomic E-state index is 0.504. The molecule has 0 radical (unpaired) electrons. The van der Waals surface area contributed by atoms with Crippen LogP contribution in [-0.4, -0.2) is 30.5 Å². The molecular weight excluding hydrogens is 264 g/mol. The van der Waals surface area contributed by atoms with E-state index in [2.05, 4.69) is 10.5 Å². The van der Waals surface area contributed by atoms with Crippen LogP contribution in [0.3, 0.4) is 0 Å². The van der Waals surface area contributed by atoms with Gasteiger partial charge in [-0.15, -0.1) is 0 Å². The fraction of sp³-hybridized carbons (Fsp3) is 0.824. The first kappa shape index (κ1) is 13.8. The first-order valence-corrected chi connectivity index (χ1v) is 8.49. The molecule has 116 valence electrons. The zero-order chi connectivity index (χ0) is 14.4. The lowest BCUT2D eigenvalue weighted by Crippen LogP contribution is -2.71. The zero-order valence-electron chi connectivity index (χ0n) is 13.2. The molecule has 1 saturated heterocycles. The highest BCUT2D eigenvalue weighted by Crippen LogP contribution is 2.62. The average Bonchev–Trinajstić information content (AvgIpc) is 2.95. The molecule has 2 heterocycles. The SMILES string of the molecule is Cc1noc(C)c1CCCNC1C2CCOC2C12CCC2. The summed E-state index contributed by atoms with van der Waals surface area (Å²) in [7, 11) is 0. The highest BCUT2D eigenvalue weighted by atomic mass is 16.5. The Morgan fingerprint density at radius 1 is 1.33 bits per heavy atom. The van der Waals surface area contributed by atoms with Gasteiger partial charge in [-0.05, 0) is 52.5 Å². The van der Waals surface area contributed by atoms with Gasteiger partial charge in [-0.3, -0.25) is 0 Å². The molecule has 2 aliphatic carbocycles. The van der Waals surface area contributed by atoms with Gasteiger partial charge in [-0.1, -0.05) is 11.6 Å². The molecular formula is C17H26N2O2. The maximum absolute atomic E-state index is 5.98. The van der Waals surface area contributed by atoms with E-state index in [1.807, 2.05) is 13.8 Å². The van der Waals surface area contributed by atoms with E-state index in [1.54, 1.807) is 0 Å². The Bertz CT molecular complexity index is 501. The first-order chi connectivity index (χ1) is 10.2. The van der Waals surface area contributed by atoms with Gasteiger partial charge in [0.1, 0.15) is 5.76 Å². The van der Waals surface area contributed by atoms with E-state index in [4.69, 9.17) is 9.26 Å². The van der Waals surface area contributed by atoms with Gasteiger partial charge < -0.3 is 14.6 Å². The molecule has 4 rings (SSSR count). The van der Waals surface area contributed by atoms with Crippen molar-refractivity contribution in [2.75, 3.05) is 13.2 Å². The zero-order valence-corrected chi connectivity index (χ0v) is 13.2. The van der Waals surface area contributed by atoms with E-state index in [-0.39, 0.29) is 0 Å². The minimum atomic E-state index is 0.504. The Balaban J connectivity index is 1.29. The third-order valence-corrected chi connectivity index (χ3v) is 6.19. The highest BCUT2D eigenvalue weighted by molar-refractivity contribution is 5.21. The fourth-order valence-corrected chi connectivity index (χ4v) is 4.94. The number of hydrogen-bond donors (Lipinski definition) is 1. The summed E-state index contributed by atoms with van der Waals surface area (Å²) in [6.07, 6.45) is 8.20. The molecule has 1 N–H and O–H groups in total. The molecule has 3 unspecified atom stereocenters. The van der Waals surface area contributed by atoms with Crippen molar-refractivity contribution in [3.63, 3.8) is 0 Å². The molecule has 3 aliphatic rings. The van der Waals surface area contributed by atoms with Crippen molar-refractivity contribution in [3.05, 3.63) is 17.0 Å². The van der Waals surface area contributed by atoms with Gasteiger partial charge in [0.15, 0.2) is 0 Å². The van der Waals surface area contributed by atoms with Crippen LogP contribution in [0.1, 0.15) is 49.1 Å². The highest BCUT2D eigenvalue weighted by Gasteiger charge is 2.66. The summed E-state index contributed by atoms with van der Waals surface area (Å²) in [4.78, 5) is 0. The van der Waals surface area contributed by atoms with Crippen LogP contribution in [0.5, 0.6) is 0 Å². The fourth-order valence-electron chi connectivity index (χ4n) is 4.94. The Hall–Kier alpha value is -0.870. The predicted octanol–water partition coefficient (Wildman–Crippen LogP) is 2.77. The molecule has 2 saturated carbocycles. The molecule has 4 heteroatoms. The molecule has 0 aromatic carbocycles. The average molecular weight is 290 g/mol. The van der Waals surface area contributed by atoms with Gasteiger partial charge in [0.2, 0.25) is 0 Å². The van der Waals surface area contributed by atoms with Gasteiger partial charge in [0, 0.05) is 29.5 Å². The van der Waals surface area contributed by atoms with Crippen LogP contribution in [0, 0.1) is 25.2 Å². The second kappa shape index (κ2) is 5.10. The lowest BCUT2D eigenvalue weighted by atomic mass is 9.46. The molecule has 0 bridgehead atoms. The Labute approximate surface area is 126 Å². The summed E-state index contributed by atoms with van der Waals surface area (Å²) in [5, 5.41) is 7.89. The summed E-state index contributed by atoms with van der Waals surface area (Å²) < 4.78 is 11.2. The third-order valence-electron chi connectivity index (χ3n) is 6.19. The molecule has 1 spiro atoms. The molecule has 1 aromatic rings. The van der Waals surface area contributed by atoms with Crippen LogP contribution >= 0.6 is 0 Å². The van der Waals surface area contributed by atoms with Gasteiger partial charge in [0.05, 0.1) is 11.8 Å². The van der Waals surface area contributed by atoms with E-state index < -0.39 is 0 Å². The van der Waals surface area contributed by atoms with Crippen LogP contribution < -0.4 is 5.32 Å². The Morgan fingerprint density at radius 3 is 2.86 bits per heavy atom. The van der Waals surface area contributed by atoms with Crippen molar-refractivity contribution in [2.24, 2.45) is 11.3 Å². The summed E-state index contributed by atoms with van der Waals surface area (Å²) in [6, 6.07) is 0.711. The minimum Gasteiger partial charge on any atom is -0.377 e. The van der Waals surface area contributed by atoms with Gasteiger partial charge >= 0.3 is 0 Å². The summed E-state index contributed by atoms with van der Waals surface area (Å²) in [5.41, 5.74) is 2.85. The second-order valence-electron chi connectivity index (χ2n) is 7.17. The molecule has 4 nitrogen and oxygen atoms in total. The number of aryl methyl sites for hydroxylation is 2. The predicted molar refractivity (Wildman–Crippen MR) is 80.2 cm³/mol. The standard InChI is InChI=1S/C17H26N2O2/c1-11-13(12(2)21-19-11)5-3-9-18-15-14-6-10-20-16(14)17(15)7-4-8-17/h14-16,18H,3-10H2,1-2H3. The van der Waals surface area contributed by atoms with Crippen molar-refractivity contribution in [1.29, 1.82) is 0 Å². The van der Waals surface area contributed by atoms with Crippen molar-refractivity contribution in [3.8, 4) is 0 Å². The normalized spacial score (nSPS) is 32.8. The lowest BCUT2D eigenvalue weighted by Gasteiger charge is -2.63. The molecule has 3 fully saturated rings.